The van der Waals surface area contributed by atoms with Crippen LogP contribution in [0, 0.1) is 11.7 Å². The summed E-state index contributed by atoms with van der Waals surface area (Å²) in [5, 5.41) is 16.9. The first kappa shape index (κ1) is 24.0. The lowest BCUT2D eigenvalue weighted by atomic mass is 9.57. The Morgan fingerprint density at radius 1 is 1.08 bits per heavy atom. The monoisotopic (exact) mass is 510 g/mol. The molecule has 196 valence electrons. The smallest absolute Gasteiger partial charge is 0.163 e. The van der Waals surface area contributed by atoms with Crippen molar-refractivity contribution in [2.75, 3.05) is 0 Å². The number of aliphatic hydroxyl groups is 1. The van der Waals surface area contributed by atoms with Crippen LogP contribution in [0.3, 0.4) is 0 Å². The lowest BCUT2D eigenvalue weighted by molar-refractivity contribution is -0.0332. The number of fused-ring (bicyclic) bond motifs is 4. The van der Waals surface area contributed by atoms with Crippen molar-refractivity contribution in [1.82, 2.24) is 19.7 Å². The van der Waals surface area contributed by atoms with Crippen molar-refractivity contribution in [2.24, 2.45) is 5.92 Å². The highest BCUT2D eigenvalue weighted by Gasteiger charge is 2.50. The number of aryl methyl sites for hydroxylation is 1. The van der Waals surface area contributed by atoms with E-state index >= 15 is 0 Å². The highest BCUT2D eigenvalue weighted by molar-refractivity contribution is 5.78. The molecule has 3 aliphatic carbocycles. The molecule has 0 amide bonds. The van der Waals surface area contributed by atoms with E-state index in [1.54, 1.807) is 6.07 Å². The van der Waals surface area contributed by atoms with Gasteiger partial charge in [-0.1, -0.05) is 12.5 Å². The van der Waals surface area contributed by atoms with E-state index in [1.165, 1.54) is 18.1 Å². The maximum absolute atomic E-state index is 14.3. The van der Waals surface area contributed by atoms with E-state index in [0.717, 1.165) is 91.5 Å². The Morgan fingerprint density at radius 3 is 2.76 bits per heavy atom. The second kappa shape index (κ2) is 8.98. The zero-order valence-electron chi connectivity index (χ0n) is 22.0. The van der Waals surface area contributed by atoms with Crippen LogP contribution in [0.25, 0.3) is 16.7 Å². The van der Waals surface area contributed by atoms with Gasteiger partial charge in [-0.3, -0.25) is 4.98 Å². The molecule has 0 aliphatic heterocycles. The van der Waals surface area contributed by atoms with Gasteiger partial charge in [-0.05, 0) is 124 Å². The minimum atomic E-state index is -0.633. The maximum atomic E-state index is 14.3. The summed E-state index contributed by atoms with van der Waals surface area (Å²) in [6, 6.07) is 13.6. The van der Waals surface area contributed by atoms with E-state index in [4.69, 9.17) is 15.1 Å². The van der Waals surface area contributed by atoms with Gasteiger partial charge in [0.15, 0.2) is 5.65 Å². The van der Waals surface area contributed by atoms with Gasteiger partial charge in [0.25, 0.3) is 0 Å². The molecule has 0 unspecified atom stereocenters. The molecular formula is C32H35FN4O. The predicted octanol–water partition coefficient (Wildman–Crippen LogP) is 6.59. The van der Waals surface area contributed by atoms with Crippen molar-refractivity contribution < 1.29 is 9.50 Å². The first-order valence-electron chi connectivity index (χ1n) is 14.2. The molecule has 2 saturated carbocycles. The number of pyridine rings is 2. The minimum Gasteiger partial charge on any atom is -0.390 e. The van der Waals surface area contributed by atoms with Gasteiger partial charge in [-0.15, -0.1) is 0 Å². The molecule has 38 heavy (non-hydrogen) atoms. The molecule has 0 saturated heterocycles. The summed E-state index contributed by atoms with van der Waals surface area (Å²) >= 11 is 0. The number of benzene rings is 1. The molecule has 1 aromatic carbocycles. The number of halogens is 1. The van der Waals surface area contributed by atoms with Crippen LogP contribution < -0.4 is 0 Å². The standard InChI is InChI=1S/C32H35FN4O/c1-31(38)13-14-32(19-25-9-2-3-15-34-25)23(18-31)8-5-10-28-27(32)16-22-20-35-37(30(22)36-28)29-12-11-24(33)17-26(29)21-6-4-7-21/h2-3,9,11-12,15-17,20-21,23,38H,4-8,10,13-14,18-19H2,1H3/t23-,31+,32-/m0/s1. The Kier molecular flexibility index (Phi) is 5.66. The third kappa shape index (κ3) is 3.96. The number of hydrogen-bond acceptors (Lipinski definition) is 4. The molecule has 7 rings (SSSR count). The Hall–Kier alpha value is -3.12. The normalized spacial score (nSPS) is 27.4. The van der Waals surface area contributed by atoms with Gasteiger partial charge >= 0.3 is 0 Å². The van der Waals surface area contributed by atoms with Crippen LogP contribution in [0.2, 0.25) is 0 Å². The van der Waals surface area contributed by atoms with Gasteiger partial charge in [0, 0.05) is 28.4 Å². The van der Waals surface area contributed by atoms with Crippen LogP contribution in [0.1, 0.15) is 86.7 Å². The lowest BCUT2D eigenvalue weighted by Gasteiger charge is -2.49. The second-order valence-corrected chi connectivity index (χ2v) is 12.2. The molecule has 3 heterocycles. The van der Waals surface area contributed by atoms with E-state index in [0.29, 0.717) is 11.8 Å². The van der Waals surface area contributed by atoms with Crippen molar-refractivity contribution in [2.45, 2.75) is 88.1 Å². The minimum absolute atomic E-state index is 0.112. The summed E-state index contributed by atoms with van der Waals surface area (Å²) in [5.41, 5.74) is 5.65. The molecule has 0 spiro atoms. The maximum Gasteiger partial charge on any atom is 0.163 e. The van der Waals surface area contributed by atoms with E-state index in [9.17, 15) is 9.50 Å². The summed E-state index contributed by atoms with van der Waals surface area (Å²) in [6.07, 6.45) is 13.6. The lowest BCUT2D eigenvalue weighted by Crippen LogP contribution is -2.48. The van der Waals surface area contributed by atoms with Crippen LogP contribution in [0.4, 0.5) is 4.39 Å². The van der Waals surface area contributed by atoms with E-state index < -0.39 is 5.60 Å². The van der Waals surface area contributed by atoms with Crippen molar-refractivity contribution in [3.63, 3.8) is 0 Å². The van der Waals surface area contributed by atoms with Gasteiger partial charge < -0.3 is 5.11 Å². The van der Waals surface area contributed by atoms with Crippen LogP contribution >= 0.6 is 0 Å². The summed E-state index contributed by atoms with van der Waals surface area (Å²) in [7, 11) is 0. The Balaban J connectivity index is 1.38. The molecule has 0 bridgehead atoms. The molecule has 3 aromatic heterocycles. The van der Waals surface area contributed by atoms with E-state index in [2.05, 4.69) is 18.2 Å². The number of aromatic nitrogens is 4. The molecule has 6 heteroatoms. The van der Waals surface area contributed by atoms with Gasteiger partial charge in [-0.25, -0.2) is 14.1 Å². The molecule has 4 aromatic rings. The van der Waals surface area contributed by atoms with Crippen molar-refractivity contribution >= 4 is 11.0 Å². The third-order valence-electron chi connectivity index (χ3n) is 9.69. The van der Waals surface area contributed by atoms with Gasteiger partial charge in [-0.2, -0.15) is 5.10 Å². The fraction of sp³-hybridized carbons (Fsp3) is 0.469. The average Bonchev–Trinajstić information content (AvgIpc) is 3.21. The molecule has 5 nitrogen and oxygen atoms in total. The summed E-state index contributed by atoms with van der Waals surface area (Å²) < 4.78 is 16.2. The number of rotatable bonds is 4. The third-order valence-corrected chi connectivity index (χ3v) is 9.69. The van der Waals surface area contributed by atoms with Gasteiger partial charge in [0.1, 0.15) is 5.82 Å². The van der Waals surface area contributed by atoms with Crippen molar-refractivity contribution in [3.05, 3.63) is 83.2 Å². The zero-order chi connectivity index (χ0) is 25.9. The molecular weight excluding hydrogens is 475 g/mol. The molecule has 2 fully saturated rings. The highest BCUT2D eigenvalue weighted by Crippen LogP contribution is 2.53. The Labute approximate surface area is 223 Å². The van der Waals surface area contributed by atoms with Crippen LogP contribution in [-0.2, 0) is 18.3 Å². The topological polar surface area (TPSA) is 63.8 Å². The zero-order valence-corrected chi connectivity index (χ0v) is 22.0. The van der Waals surface area contributed by atoms with E-state index in [-0.39, 0.29) is 11.2 Å². The van der Waals surface area contributed by atoms with E-state index in [1.807, 2.05) is 36.1 Å². The number of hydrogen-bond donors (Lipinski definition) is 1. The first-order chi connectivity index (χ1) is 18.4. The largest absolute Gasteiger partial charge is 0.390 e. The quantitative estimate of drug-likeness (QED) is 0.336. The average molecular weight is 511 g/mol. The number of nitrogens with zero attached hydrogens (tertiary/aromatic N) is 4. The molecule has 3 atom stereocenters. The molecule has 3 aliphatic rings. The molecule has 1 N–H and O–H groups in total. The highest BCUT2D eigenvalue weighted by atomic mass is 19.1. The fourth-order valence-electron chi connectivity index (χ4n) is 7.49. The Morgan fingerprint density at radius 2 is 1.97 bits per heavy atom. The van der Waals surface area contributed by atoms with Crippen LogP contribution in [-0.4, -0.2) is 30.5 Å². The van der Waals surface area contributed by atoms with Gasteiger partial charge in [0.2, 0.25) is 0 Å². The van der Waals surface area contributed by atoms with Crippen molar-refractivity contribution in [3.8, 4) is 5.69 Å². The van der Waals surface area contributed by atoms with Crippen LogP contribution in [0.5, 0.6) is 0 Å². The summed E-state index contributed by atoms with van der Waals surface area (Å²) in [5.74, 6) is 0.564. The summed E-state index contributed by atoms with van der Waals surface area (Å²) in [6.45, 7) is 2.00. The van der Waals surface area contributed by atoms with Crippen LogP contribution in [0.15, 0.2) is 54.9 Å². The predicted molar refractivity (Wildman–Crippen MR) is 146 cm³/mol. The SMILES string of the molecule is C[C@@]1(O)CC[C@@]2(Cc3ccccn3)c3cc4cnn(-c5ccc(F)cc5C5CCC5)c4nc3CCC[C@H]2C1. The first-order valence-corrected chi connectivity index (χ1v) is 14.2. The second-order valence-electron chi connectivity index (χ2n) is 12.2. The van der Waals surface area contributed by atoms with Crippen molar-refractivity contribution in [1.29, 1.82) is 0 Å². The van der Waals surface area contributed by atoms with Gasteiger partial charge in [0.05, 0.1) is 17.5 Å². The summed E-state index contributed by atoms with van der Waals surface area (Å²) in [4.78, 5) is 10.0. The fourth-order valence-corrected chi connectivity index (χ4v) is 7.49. The molecule has 0 radical (unpaired) electrons. The Bertz CT molecular complexity index is 1490.